The molecule has 0 aromatic heterocycles. The average molecular weight is 193 g/mol. The fourth-order valence-corrected chi connectivity index (χ4v) is 0.517. The molecule has 0 spiro atoms. The van der Waals surface area contributed by atoms with E-state index >= 15 is 0 Å². The van der Waals surface area contributed by atoms with E-state index in [0.29, 0.717) is 0 Å². The van der Waals surface area contributed by atoms with E-state index in [4.69, 9.17) is 0 Å². The first-order chi connectivity index (χ1) is 5.89. The summed E-state index contributed by atoms with van der Waals surface area (Å²) in [6.07, 6.45) is -3.59. The maximum Gasteiger partial charge on any atom is 0.433 e. The Hall–Kier alpha value is -1.06. The van der Waals surface area contributed by atoms with E-state index in [2.05, 4.69) is 18.2 Å². The molecule has 0 aromatic carbocycles. The van der Waals surface area contributed by atoms with Crippen LogP contribution in [0.3, 0.4) is 0 Å². The van der Waals surface area contributed by atoms with Crippen molar-refractivity contribution < 1.29 is 13.2 Å². The summed E-state index contributed by atoms with van der Waals surface area (Å²) < 4.78 is 35.8. The number of alkyl halides is 3. The molecular weight excluding hydrogens is 179 g/mol. The van der Waals surface area contributed by atoms with Crippen LogP contribution in [0.25, 0.3) is 0 Å². The fourth-order valence-electron chi connectivity index (χ4n) is 0.517. The molecule has 0 rings (SSSR count). The zero-order valence-electron chi connectivity index (χ0n) is 8.07. The highest BCUT2D eigenvalue weighted by atomic mass is 19.4. The van der Waals surface area contributed by atoms with E-state index in [-0.39, 0.29) is 5.57 Å². The molecule has 0 heterocycles. The number of rotatable bonds is 2. The normalized spacial score (nSPS) is 11.4. The standard InChI is InChI=1S/C7H8F3N.C2H6/c1-4-11-6(5(2)3)7(8,9)10;1-2/h4H,1-2H2,3H3;1-2H3. The van der Waals surface area contributed by atoms with Crippen molar-refractivity contribution in [3.63, 3.8) is 0 Å². The van der Waals surface area contributed by atoms with Crippen molar-refractivity contribution in [1.29, 1.82) is 0 Å². The van der Waals surface area contributed by atoms with Gasteiger partial charge >= 0.3 is 6.18 Å². The Morgan fingerprint density at radius 3 is 1.77 bits per heavy atom. The first kappa shape index (κ1) is 14.5. The predicted molar refractivity (Wildman–Crippen MR) is 49.8 cm³/mol. The van der Waals surface area contributed by atoms with Gasteiger partial charge in [-0.25, -0.2) is 0 Å². The van der Waals surface area contributed by atoms with Gasteiger partial charge in [0.05, 0.1) is 0 Å². The minimum Gasteiger partial charge on any atom is -0.252 e. The molecule has 0 unspecified atom stereocenters. The molecule has 0 N–H and O–H groups in total. The van der Waals surface area contributed by atoms with Crippen LogP contribution in [0.15, 0.2) is 29.9 Å². The number of hydrogen-bond donors (Lipinski definition) is 0. The van der Waals surface area contributed by atoms with Crippen LogP contribution < -0.4 is 0 Å². The second-order valence-electron chi connectivity index (χ2n) is 1.94. The minimum absolute atomic E-state index is 0.114. The van der Waals surface area contributed by atoms with Crippen LogP contribution in [-0.4, -0.2) is 11.9 Å². The Labute approximate surface area is 76.7 Å². The van der Waals surface area contributed by atoms with Gasteiger partial charge in [-0.15, -0.1) is 0 Å². The monoisotopic (exact) mass is 193 g/mol. The van der Waals surface area contributed by atoms with E-state index in [1.807, 2.05) is 13.8 Å². The van der Waals surface area contributed by atoms with Crippen LogP contribution in [0.1, 0.15) is 20.8 Å². The van der Waals surface area contributed by atoms with Crippen molar-refractivity contribution in [2.24, 2.45) is 4.99 Å². The zero-order valence-corrected chi connectivity index (χ0v) is 8.07. The Balaban J connectivity index is 0. The van der Waals surface area contributed by atoms with Crippen molar-refractivity contribution in [2.45, 2.75) is 26.9 Å². The van der Waals surface area contributed by atoms with Gasteiger partial charge in [-0.1, -0.05) is 27.0 Å². The lowest BCUT2D eigenvalue weighted by molar-refractivity contribution is -0.0581. The molecule has 0 aliphatic rings. The van der Waals surface area contributed by atoms with E-state index in [1.54, 1.807) is 0 Å². The van der Waals surface area contributed by atoms with E-state index in [1.165, 1.54) is 6.92 Å². The molecule has 0 aliphatic heterocycles. The van der Waals surface area contributed by atoms with Crippen molar-refractivity contribution in [1.82, 2.24) is 0 Å². The molecule has 0 aromatic rings. The van der Waals surface area contributed by atoms with Crippen LogP contribution >= 0.6 is 0 Å². The van der Waals surface area contributed by atoms with Crippen LogP contribution in [0, 0.1) is 0 Å². The fraction of sp³-hybridized carbons (Fsp3) is 0.444. The van der Waals surface area contributed by atoms with Crippen molar-refractivity contribution in [3.05, 3.63) is 24.9 Å². The summed E-state index contributed by atoms with van der Waals surface area (Å²) in [7, 11) is 0. The third kappa shape index (κ3) is 6.13. The van der Waals surface area contributed by atoms with E-state index in [9.17, 15) is 13.2 Å². The van der Waals surface area contributed by atoms with Crippen LogP contribution in [-0.2, 0) is 0 Å². The van der Waals surface area contributed by atoms with Crippen LogP contribution in [0.5, 0.6) is 0 Å². The van der Waals surface area contributed by atoms with Gasteiger partial charge in [0, 0.05) is 6.20 Å². The van der Waals surface area contributed by atoms with Crippen LogP contribution in [0.4, 0.5) is 13.2 Å². The Bertz CT molecular complexity index is 201. The van der Waals surface area contributed by atoms with E-state index < -0.39 is 11.9 Å². The summed E-state index contributed by atoms with van der Waals surface area (Å²) in [5, 5.41) is 0. The molecule has 0 saturated carbocycles. The maximum atomic E-state index is 11.9. The Morgan fingerprint density at radius 2 is 1.69 bits per heavy atom. The van der Waals surface area contributed by atoms with Gasteiger partial charge in [-0.3, -0.25) is 4.99 Å². The average Bonchev–Trinajstić information content (AvgIpc) is 2.01. The molecule has 1 nitrogen and oxygen atoms in total. The van der Waals surface area contributed by atoms with Gasteiger partial charge in [0.15, 0.2) is 0 Å². The third-order valence-electron chi connectivity index (χ3n) is 0.893. The number of allylic oxidation sites excluding steroid dienone is 1. The highest BCUT2D eigenvalue weighted by Gasteiger charge is 2.35. The number of halogens is 3. The molecular formula is C9H14F3N. The lowest BCUT2D eigenvalue weighted by atomic mass is 10.2. The SMILES string of the molecule is C=CN=C(C(=C)C)C(F)(F)F.CC. The summed E-state index contributed by atoms with van der Waals surface area (Å²) in [6, 6.07) is 0. The van der Waals surface area contributed by atoms with Gasteiger partial charge < -0.3 is 0 Å². The van der Waals surface area contributed by atoms with Gasteiger partial charge in [0.25, 0.3) is 0 Å². The summed E-state index contributed by atoms with van der Waals surface area (Å²) in [4.78, 5) is 3.05. The molecule has 76 valence electrons. The largest absolute Gasteiger partial charge is 0.433 e. The first-order valence-electron chi connectivity index (χ1n) is 3.81. The molecule has 0 saturated heterocycles. The van der Waals surface area contributed by atoms with Gasteiger partial charge in [0.2, 0.25) is 0 Å². The smallest absolute Gasteiger partial charge is 0.252 e. The van der Waals surface area contributed by atoms with Crippen LogP contribution in [0.2, 0.25) is 0 Å². The Morgan fingerprint density at radius 1 is 1.31 bits per heavy atom. The summed E-state index contributed by atoms with van der Waals surface area (Å²) in [5.74, 6) is 0. The van der Waals surface area contributed by atoms with Gasteiger partial charge in [-0.2, -0.15) is 13.2 Å². The molecule has 13 heavy (non-hydrogen) atoms. The molecule has 0 bridgehead atoms. The molecule has 0 amide bonds. The number of aliphatic imine (C=N–C) groups is 1. The molecule has 4 heteroatoms. The molecule has 0 atom stereocenters. The number of nitrogens with zero attached hydrogens (tertiary/aromatic N) is 1. The summed E-state index contributed by atoms with van der Waals surface area (Å²) in [5.41, 5.74) is -1.09. The molecule has 0 aliphatic carbocycles. The predicted octanol–water partition coefficient (Wildman–Crippen LogP) is 3.74. The zero-order chi connectivity index (χ0) is 11.1. The maximum absolute atomic E-state index is 11.9. The highest BCUT2D eigenvalue weighted by Crippen LogP contribution is 2.21. The topological polar surface area (TPSA) is 12.4 Å². The second-order valence-corrected chi connectivity index (χ2v) is 1.94. The minimum atomic E-state index is -4.43. The molecule has 0 fully saturated rings. The van der Waals surface area contributed by atoms with Gasteiger partial charge in [0.1, 0.15) is 5.71 Å². The van der Waals surface area contributed by atoms with Gasteiger partial charge in [-0.05, 0) is 12.5 Å². The molecule has 0 radical (unpaired) electrons. The quantitative estimate of drug-likeness (QED) is 0.592. The van der Waals surface area contributed by atoms with Crippen molar-refractivity contribution in [2.75, 3.05) is 0 Å². The first-order valence-corrected chi connectivity index (χ1v) is 3.81. The highest BCUT2D eigenvalue weighted by molar-refractivity contribution is 6.03. The van der Waals surface area contributed by atoms with Crippen molar-refractivity contribution >= 4 is 5.71 Å². The summed E-state index contributed by atoms with van der Waals surface area (Å²) in [6.45, 7) is 11.5. The summed E-state index contributed by atoms with van der Waals surface area (Å²) >= 11 is 0. The second kappa shape index (κ2) is 6.46. The Kier molecular flexibility index (Phi) is 7.18. The lowest BCUT2D eigenvalue weighted by Crippen LogP contribution is -2.23. The van der Waals surface area contributed by atoms with E-state index in [0.717, 1.165) is 6.20 Å². The van der Waals surface area contributed by atoms with Crippen molar-refractivity contribution in [3.8, 4) is 0 Å². The lowest BCUT2D eigenvalue weighted by Gasteiger charge is -2.07. The third-order valence-corrected chi connectivity index (χ3v) is 0.893. The number of hydrogen-bond acceptors (Lipinski definition) is 1.